The molecule has 1 aromatic carbocycles. The van der Waals surface area contributed by atoms with E-state index in [2.05, 4.69) is 4.98 Å². The number of likely N-dealkylation sites (tertiary alicyclic amines) is 1. The van der Waals surface area contributed by atoms with Crippen LogP contribution in [0.1, 0.15) is 45.9 Å². The van der Waals surface area contributed by atoms with Gasteiger partial charge in [0.15, 0.2) is 0 Å². The minimum absolute atomic E-state index is 0.0896. The van der Waals surface area contributed by atoms with E-state index in [-0.39, 0.29) is 37.5 Å². The molecule has 0 radical (unpaired) electrons. The van der Waals surface area contributed by atoms with E-state index < -0.39 is 70.2 Å². The molecule has 5 rings (SSSR count). The number of carbonyl (C=O) groups excluding carboxylic acids is 2. The molecule has 2 amide bonds. The van der Waals surface area contributed by atoms with Crippen LogP contribution in [0.5, 0.6) is 0 Å². The highest BCUT2D eigenvalue weighted by molar-refractivity contribution is 5.98. The third-order valence-corrected chi connectivity index (χ3v) is 7.58. The van der Waals surface area contributed by atoms with Crippen molar-refractivity contribution >= 4 is 11.8 Å². The number of nitrogens with zero attached hydrogens (tertiary/aromatic N) is 2. The number of pyridine rings is 1. The second-order valence-corrected chi connectivity index (χ2v) is 9.66. The summed E-state index contributed by atoms with van der Waals surface area (Å²) in [7, 11) is 0. The molecule has 2 saturated heterocycles. The minimum Gasteiger partial charge on any atom is -0.381 e. The van der Waals surface area contributed by atoms with Gasteiger partial charge in [-0.15, -0.1) is 0 Å². The lowest BCUT2D eigenvalue weighted by Crippen LogP contribution is -2.55. The minimum atomic E-state index is -4.78. The number of primary amides is 1. The monoisotopic (exact) mass is 531 g/mol. The lowest BCUT2D eigenvalue weighted by molar-refractivity contribution is -0.138. The predicted molar refractivity (Wildman–Crippen MR) is 112 cm³/mol. The zero-order valence-electron chi connectivity index (χ0n) is 18.9. The van der Waals surface area contributed by atoms with Crippen LogP contribution in [0.25, 0.3) is 0 Å². The van der Waals surface area contributed by atoms with Crippen molar-refractivity contribution in [2.75, 3.05) is 13.2 Å². The first-order chi connectivity index (χ1) is 17.2. The zero-order chi connectivity index (χ0) is 26.9. The molecule has 13 heteroatoms. The average molecular weight is 531 g/mol. The number of aromatic nitrogens is 1. The first-order valence-electron chi connectivity index (χ1n) is 11.4. The Bertz CT molecular complexity index is 1260. The number of halogens is 7. The molecule has 1 saturated carbocycles. The summed E-state index contributed by atoms with van der Waals surface area (Å²) in [4.78, 5) is 30.8. The van der Waals surface area contributed by atoms with Gasteiger partial charge in [0.05, 0.1) is 29.9 Å². The topological polar surface area (TPSA) is 85.5 Å². The molecule has 0 bridgehead atoms. The number of amides is 2. The van der Waals surface area contributed by atoms with Gasteiger partial charge in [-0.1, -0.05) is 6.07 Å². The Morgan fingerprint density at radius 2 is 1.70 bits per heavy atom. The number of alkyl halides is 6. The first-order valence-corrected chi connectivity index (χ1v) is 11.4. The molecule has 3 heterocycles. The van der Waals surface area contributed by atoms with E-state index in [0.717, 1.165) is 23.2 Å². The molecule has 0 spiro atoms. The van der Waals surface area contributed by atoms with Crippen LogP contribution in [0.2, 0.25) is 0 Å². The van der Waals surface area contributed by atoms with Crippen LogP contribution in [-0.2, 0) is 21.9 Å². The van der Waals surface area contributed by atoms with Gasteiger partial charge in [-0.2, -0.15) is 26.3 Å². The largest absolute Gasteiger partial charge is 0.416 e. The Morgan fingerprint density at radius 1 is 1.05 bits per heavy atom. The Hall–Kier alpha value is -3.22. The highest BCUT2D eigenvalue weighted by Gasteiger charge is 2.72. The Kier molecular flexibility index (Phi) is 5.77. The van der Waals surface area contributed by atoms with Crippen LogP contribution in [-0.4, -0.2) is 46.5 Å². The number of fused-ring (bicyclic) bond motifs is 1. The summed E-state index contributed by atoms with van der Waals surface area (Å²) < 4.78 is 99.8. The number of carbonyl (C=O) groups is 2. The number of hydrogen-bond acceptors (Lipinski definition) is 4. The fraction of sp³-hybridized carbons (Fsp3) is 0.458. The molecular weight excluding hydrogens is 511 g/mol. The summed E-state index contributed by atoms with van der Waals surface area (Å²) in [6.07, 6.45) is -8.37. The standard InChI is InChI=1S/C24H20F7N3O3/c25-16-5-12(23(26,27)28)1-2-15(16)19(11-9-37-10-11)22-8-14(22)7-18(20(32)35)34(22)21(36)17-6-13(3-4-33-17)24(29,30)31/h1-6,11,14,18-19H,7-10H2,(H2,32,35)/t14?,18?,19-,22?/m1/s1. The normalized spacial score (nSPS) is 26.4. The lowest BCUT2D eigenvalue weighted by Gasteiger charge is -2.44. The van der Waals surface area contributed by atoms with Crippen LogP contribution in [0.3, 0.4) is 0 Å². The fourth-order valence-corrected chi connectivity index (χ4v) is 5.87. The van der Waals surface area contributed by atoms with Crippen molar-refractivity contribution in [3.8, 4) is 0 Å². The summed E-state index contributed by atoms with van der Waals surface area (Å²) >= 11 is 0. The molecule has 4 atom stereocenters. The van der Waals surface area contributed by atoms with E-state index >= 15 is 4.39 Å². The molecule has 37 heavy (non-hydrogen) atoms. The van der Waals surface area contributed by atoms with Crippen LogP contribution < -0.4 is 5.73 Å². The van der Waals surface area contributed by atoms with Gasteiger partial charge in [-0.3, -0.25) is 14.6 Å². The van der Waals surface area contributed by atoms with Gasteiger partial charge in [0.1, 0.15) is 17.6 Å². The average Bonchev–Trinajstić information content (AvgIpc) is 3.39. The van der Waals surface area contributed by atoms with Crippen molar-refractivity contribution < 1.29 is 45.1 Å². The Balaban J connectivity index is 1.60. The predicted octanol–water partition coefficient (Wildman–Crippen LogP) is 4.15. The van der Waals surface area contributed by atoms with Gasteiger partial charge in [0.25, 0.3) is 5.91 Å². The summed E-state index contributed by atoms with van der Waals surface area (Å²) in [6, 6.07) is 2.16. The number of piperidine rings is 1. The molecule has 2 N–H and O–H groups in total. The van der Waals surface area contributed by atoms with Crippen molar-refractivity contribution in [2.45, 2.75) is 42.7 Å². The molecule has 1 aromatic heterocycles. The highest BCUT2D eigenvalue weighted by atomic mass is 19.4. The van der Waals surface area contributed by atoms with Crippen molar-refractivity contribution in [3.63, 3.8) is 0 Å². The van der Waals surface area contributed by atoms with E-state index in [1.54, 1.807) is 0 Å². The number of benzene rings is 1. The molecule has 2 aromatic rings. The van der Waals surface area contributed by atoms with Gasteiger partial charge in [0, 0.05) is 18.0 Å². The van der Waals surface area contributed by atoms with Crippen LogP contribution in [0, 0.1) is 17.7 Å². The molecular formula is C24H20F7N3O3. The summed E-state index contributed by atoms with van der Waals surface area (Å²) in [5.74, 6) is -4.69. The van der Waals surface area contributed by atoms with Gasteiger partial charge < -0.3 is 15.4 Å². The smallest absolute Gasteiger partial charge is 0.381 e. The quantitative estimate of drug-likeness (QED) is 0.588. The maximum absolute atomic E-state index is 15.2. The van der Waals surface area contributed by atoms with Gasteiger partial charge in [-0.05, 0) is 48.6 Å². The van der Waals surface area contributed by atoms with Crippen molar-refractivity contribution in [2.24, 2.45) is 17.6 Å². The number of hydrogen-bond donors (Lipinski definition) is 1. The van der Waals surface area contributed by atoms with Crippen LogP contribution in [0.15, 0.2) is 36.5 Å². The lowest BCUT2D eigenvalue weighted by atomic mass is 9.76. The molecule has 3 aliphatic rings. The summed E-state index contributed by atoms with van der Waals surface area (Å²) in [5, 5.41) is 0. The molecule has 3 fully saturated rings. The SMILES string of the molecule is NC(=O)C1CC2CC2([C@@H](c2ccc(C(F)(F)F)cc2F)C2COC2)N1C(=O)c1cc(C(F)(F)F)ccn1. The third kappa shape index (κ3) is 4.12. The van der Waals surface area contributed by atoms with E-state index in [1.165, 1.54) is 0 Å². The highest BCUT2D eigenvalue weighted by Crippen LogP contribution is 2.67. The van der Waals surface area contributed by atoms with E-state index in [9.17, 15) is 35.9 Å². The molecule has 3 unspecified atom stereocenters. The number of nitrogens with two attached hydrogens (primary N) is 1. The van der Waals surface area contributed by atoms with Crippen molar-refractivity contribution in [1.82, 2.24) is 9.88 Å². The van der Waals surface area contributed by atoms with Crippen molar-refractivity contribution in [3.05, 3.63) is 64.7 Å². The van der Waals surface area contributed by atoms with E-state index in [0.29, 0.717) is 18.2 Å². The molecule has 1 aliphatic carbocycles. The van der Waals surface area contributed by atoms with Gasteiger partial charge in [-0.25, -0.2) is 4.39 Å². The molecule has 198 valence electrons. The second-order valence-electron chi connectivity index (χ2n) is 9.66. The first kappa shape index (κ1) is 25.4. The van der Waals surface area contributed by atoms with E-state index in [4.69, 9.17) is 10.5 Å². The third-order valence-electron chi connectivity index (χ3n) is 7.58. The second kappa shape index (κ2) is 8.40. The van der Waals surface area contributed by atoms with Crippen molar-refractivity contribution in [1.29, 1.82) is 0 Å². The van der Waals surface area contributed by atoms with Gasteiger partial charge in [0.2, 0.25) is 5.91 Å². The van der Waals surface area contributed by atoms with Gasteiger partial charge >= 0.3 is 12.4 Å². The zero-order valence-corrected chi connectivity index (χ0v) is 18.9. The van der Waals surface area contributed by atoms with Crippen LogP contribution >= 0.6 is 0 Å². The summed E-state index contributed by atoms with van der Waals surface area (Å²) in [6.45, 7) is 0.259. The fourth-order valence-electron chi connectivity index (χ4n) is 5.87. The van der Waals surface area contributed by atoms with Crippen LogP contribution in [0.4, 0.5) is 30.7 Å². The molecule has 6 nitrogen and oxygen atoms in total. The Morgan fingerprint density at radius 3 is 2.24 bits per heavy atom. The van der Waals surface area contributed by atoms with E-state index in [1.807, 2.05) is 0 Å². The summed E-state index contributed by atoms with van der Waals surface area (Å²) in [5.41, 5.74) is 1.31. The Labute approximate surface area is 205 Å². The number of ether oxygens (including phenoxy) is 1. The maximum Gasteiger partial charge on any atom is 0.416 e. The number of rotatable bonds is 5. The molecule has 2 aliphatic heterocycles. The maximum atomic E-state index is 15.2.